The van der Waals surface area contributed by atoms with Crippen molar-refractivity contribution >= 4 is 0 Å². The SMILES string of the molecule is CN(C)C1CCN(CC(O)c2ccc3c(c2)OCO3)CC1. The van der Waals surface area contributed by atoms with Gasteiger partial charge in [0.15, 0.2) is 11.5 Å². The molecule has 1 N–H and O–H groups in total. The van der Waals surface area contributed by atoms with Crippen LogP contribution in [-0.2, 0) is 0 Å². The summed E-state index contributed by atoms with van der Waals surface area (Å²) in [6.07, 6.45) is 1.86. The first kappa shape index (κ1) is 14.6. The van der Waals surface area contributed by atoms with Gasteiger partial charge in [-0.05, 0) is 57.7 Å². The van der Waals surface area contributed by atoms with Crippen LogP contribution >= 0.6 is 0 Å². The number of piperidine rings is 1. The first-order chi connectivity index (χ1) is 10.1. The Balaban J connectivity index is 1.56. The zero-order valence-corrected chi connectivity index (χ0v) is 12.8. The van der Waals surface area contributed by atoms with Crippen molar-refractivity contribution in [1.29, 1.82) is 0 Å². The topological polar surface area (TPSA) is 45.2 Å². The Bertz CT molecular complexity index is 484. The highest BCUT2D eigenvalue weighted by atomic mass is 16.7. The number of rotatable bonds is 4. The minimum Gasteiger partial charge on any atom is -0.454 e. The summed E-state index contributed by atoms with van der Waals surface area (Å²) in [5.41, 5.74) is 0.897. The number of hydrogen-bond donors (Lipinski definition) is 1. The average molecular weight is 292 g/mol. The van der Waals surface area contributed by atoms with Crippen molar-refractivity contribution in [2.75, 3.05) is 40.5 Å². The van der Waals surface area contributed by atoms with Crippen LogP contribution in [-0.4, -0.2) is 61.5 Å². The highest BCUT2D eigenvalue weighted by Crippen LogP contribution is 2.34. The van der Waals surface area contributed by atoms with Crippen molar-refractivity contribution < 1.29 is 14.6 Å². The number of aliphatic hydroxyl groups is 1. The molecule has 3 rings (SSSR count). The molecule has 1 aromatic carbocycles. The molecule has 1 atom stereocenters. The first-order valence-electron chi connectivity index (χ1n) is 7.60. The molecule has 1 fully saturated rings. The number of likely N-dealkylation sites (tertiary alicyclic amines) is 1. The number of β-amino-alcohol motifs (C(OH)–C–C–N with tert-alkyl or cyclic N) is 1. The van der Waals surface area contributed by atoms with Crippen LogP contribution in [0, 0.1) is 0 Å². The predicted molar refractivity (Wildman–Crippen MR) is 80.7 cm³/mol. The third kappa shape index (κ3) is 3.31. The quantitative estimate of drug-likeness (QED) is 0.910. The lowest BCUT2D eigenvalue weighted by atomic mass is 10.0. The van der Waals surface area contributed by atoms with E-state index in [9.17, 15) is 5.11 Å². The molecule has 0 radical (unpaired) electrons. The second-order valence-electron chi connectivity index (χ2n) is 6.12. The maximum atomic E-state index is 10.4. The van der Waals surface area contributed by atoms with Crippen molar-refractivity contribution in [2.24, 2.45) is 0 Å². The molecule has 0 bridgehead atoms. The van der Waals surface area contributed by atoms with Gasteiger partial charge in [-0.15, -0.1) is 0 Å². The Hall–Kier alpha value is -1.30. The minimum absolute atomic E-state index is 0.271. The molecule has 2 aliphatic rings. The van der Waals surface area contributed by atoms with E-state index in [-0.39, 0.29) is 6.79 Å². The standard InChI is InChI=1S/C16H24N2O3/c1-17(2)13-5-7-18(8-6-13)10-14(19)12-3-4-15-16(9-12)21-11-20-15/h3-4,9,13-14,19H,5-8,10-11H2,1-2H3. The van der Waals surface area contributed by atoms with Gasteiger partial charge < -0.3 is 24.4 Å². The van der Waals surface area contributed by atoms with Crippen molar-refractivity contribution in [1.82, 2.24) is 9.80 Å². The van der Waals surface area contributed by atoms with Crippen LogP contribution in [0.1, 0.15) is 24.5 Å². The molecule has 5 heteroatoms. The van der Waals surface area contributed by atoms with Crippen LogP contribution < -0.4 is 9.47 Å². The summed E-state index contributed by atoms with van der Waals surface area (Å²) in [6.45, 7) is 3.04. The Morgan fingerprint density at radius 3 is 2.67 bits per heavy atom. The van der Waals surface area contributed by atoms with E-state index < -0.39 is 6.10 Å². The molecule has 2 heterocycles. The number of fused-ring (bicyclic) bond motifs is 1. The molecule has 5 nitrogen and oxygen atoms in total. The fourth-order valence-corrected chi connectivity index (χ4v) is 3.09. The fraction of sp³-hybridized carbons (Fsp3) is 0.625. The van der Waals surface area contributed by atoms with Gasteiger partial charge in [0.05, 0.1) is 6.10 Å². The third-order valence-corrected chi connectivity index (χ3v) is 4.50. The number of benzene rings is 1. The van der Waals surface area contributed by atoms with E-state index in [1.54, 1.807) is 0 Å². The average Bonchev–Trinajstić information content (AvgIpc) is 2.95. The van der Waals surface area contributed by atoms with Crippen molar-refractivity contribution in [2.45, 2.75) is 25.0 Å². The van der Waals surface area contributed by atoms with E-state index in [0.717, 1.165) is 30.2 Å². The largest absolute Gasteiger partial charge is 0.454 e. The van der Waals surface area contributed by atoms with Gasteiger partial charge in [-0.2, -0.15) is 0 Å². The molecule has 0 aromatic heterocycles. The molecule has 1 unspecified atom stereocenters. The maximum Gasteiger partial charge on any atom is 0.231 e. The second kappa shape index (κ2) is 6.22. The molecular formula is C16H24N2O3. The zero-order chi connectivity index (χ0) is 14.8. The number of ether oxygens (including phenoxy) is 2. The summed E-state index contributed by atoms with van der Waals surface area (Å²) in [7, 11) is 4.28. The highest BCUT2D eigenvalue weighted by Gasteiger charge is 2.23. The summed E-state index contributed by atoms with van der Waals surface area (Å²) in [5.74, 6) is 1.50. The molecule has 2 aliphatic heterocycles. The summed E-state index contributed by atoms with van der Waals surface area (Å²) in [4.78, 5) is 4.64. The van der Waals surface area contributed by atoms with Crippen molar-refractivity contribution in [3.8, 4) is 11.5 Å². The van der Waals surface area contributed by atoms with Crippen molar-refractivity contribution in [3.05, 3.63) is 23.8 Å². The smallest absolute Gasteiger partial charge is 0.231 e. The maximum absolute atomic E-state index is 10.4. The first-order valence-corrected chi connectivity index (χ1v) is 7.60. The van der Waals surface area contributed by atoms with Gasteiger partial charge in [-0.25, -0.2) is 0 Å². The van der Waals surface area contributed by atoms with Gasteiger partial charge in [-0.1, -0.05) is 6.07 Å². The number of aliphatic hydroxyl groups excluding tert-OH is 1. The molecule has 0 amide bonds. The molecule has 0 spiro atoms. The van der Waals surface area contributed by atoms with Crippen LogP contribution in [0.3, 0.4) is 0 Å². The number of hydrogen-bond acceptors (Lipinski definition) is 5. The van der Waals surface area contributed by atoms with Gasteiger partial charge in [0.25, 0.3) is 0 Å². The summed E-state index contributed by atoms with van der Waals surface area (Å²) < 4.78 is 10.7. The minimum atomic E-state index is -0.476. The Kier molecular flexibility index (Phi) is 4.33. The lowest BCUT2D eigenvalue weighted by molar-refractivity contribution is 0.0797. The van der Waals surface area contributed by atoms with Gasteiger partial charge in [0, 0.05) is 12.6 Å². The molecule has 21 heavy (non-hydrogen) atoms. The predicted octanol–water partition coefficient (Wildman–Crippen LogP) is 1.47. The third-order valence-electron chi connectivity index (χ3n) is 4.50. The zero-order valence-electron chi connectivity index (χ0n) is 12.8. The van der Waals surface area contributed by atoms with Crippen LogP contribution in [0.25, 0.3) is 0 Å². The molecule has 1 saturated heterocycles. The summed E-state index contributed by atoms with van der Waals surface area (Å²) in [6, 6.07) is 6.35. The number of nitrogens with zero attached hydrogens (tertiary/aromatic N) is 2. The lowest BCUT2D eigenvalue weighted by Crippen LogP contribution is -2.43. The van der Waals surface area contributed by atoms with Crippen LogP contribution in [0.5, 0.6) is 11.5 Å². The van der Waals surface area contributed by atoms with E-state index in [0.29, 0.717) is 12.6 Å². The molecule has 1 aromatic rings. The summed E-state index contributed by atoms with van der Waals surface area (Å²) >= 11 is 0. The van der Waals surface area contributed by atoms with Gasteiger partial charge >= 0.3 is 0 Å². The van der Waals surface area contributed by atoms with E-state index in [2.05, 4.69) is 23.9 Å². The Morgan fingerprint density at radius 1 is 1.24 bits per heavy atom. The van der Waals surface area contributed by atoms with E-state index >= 15 is 0 Å². The monoisotopic (exact) mass is 292 g/mol. The molecule has 0 saturated carbocycles. The van der Waals surface area contributed by atoms with Crippen LogP contribution in [0.15, 0.2) is 18.2 Å². The van der Waals surface area contributed by atoms with E-state index in [1.807, 2.05) is 18.2 Å². The molecule has 116 valence electrons. The van der Waals surface area contributed by atoms with E-state index in [1.165, 1.54) is 12.8 Å². The van der Waals surface area contributed by atoms with Crippen molar-refractivity contribution in [3.63, 3.8) is 0 Å². The normalized spacial score (nSPS) is 21.0. The van der Waals surface area contributed by atoms with Gasteiger partial charge in [0.1, 0.15) is 0 Å². The van der Waals surface area contributed by atoms with Gasteiger partial charge in [0.2, 0.25) is 6.79 Å². The van der Waals surface area contributed by atoms with Crippen LogP contribution in [0.2, 0.25) is 0 Å². The second-order valence-corrected chi connectivity index (χ2v) is 6.12. The van der Waals surface area contributed by atoms with Crippen LogP contribution in [0.4, 0.5) is 0 Å². The highest BCUT2D eigenvalue weighted by molar-refractivity contribution is 5.45. The lowest BCUT2D eigenvalue weighted by Gasteiger charge is -2.36. The molecule has 0 aliphatic carbocycles. The Morgan fingerprint density at radius 2 is 1.95 bits per heavy atom. The Labute approximate surface area is 126 Å². The van der Waals surface area contributed by atoms with E-state index in [4.69, 9.17) is 9.47 Å². The van der Waals surface area contributed by atoms with Gasteiger partial charge in [-0.3, -0.25) is 0 Å². The fourth-order valence-electron chi connectivity index (χ4n) is 3.09. The summed E-state index contributed by atoms with van der Waals surface area (Å²) in [5, 5.41) is 10.4. The molecular weight excluding hydrogens is 268 g/mol.